The van der Waals surface area contributed by atoms with Crippen molar-refractivity contribution < 1.29 is 9.47 Å². The highest BCUT2D eigenvalue weighted by Gasteiger charge is 2.26. The summed E-state index contributed by atoms with van der Waals surface area (Å²) in [6, 6.07) is 0.541. The summed E-state index contributed by atoms with van der Waals surface area (Å²) in [7, 11) is 0. The number of hydrogen-bond donors (Lipinski definition) is 0. The van der Waals surface area contributed by atoms with Crippen molar-refractivity contribution in [2.75, 3.05) is 26.4 Å². The quantitative estimate of drug-likeness (QED) is 0.757. The molecule has 0 N–H and O–H groups in total. The van der Waals surface area contributed by atoms with Gasteiger partial charge in [0, 0.05) is 25.6 Å². The van der Waals surface area contributed by atoms with E-state index < -0.39 is 0 Å². The third-order valence-corrected chi connectivity index (χ3v) is 4.61. The molecule has 1 aliphatic heterocycles. The maximum atomic E-state index is 5.51. The maximum Gasteiger partial charge on any atom is 0.156 e. The highest BCUT2D eigenvalue weighted by atomic mass is 16.5. The van der Waals surface area contributed by atoms with E-state index in [2.05, 4.69) is 4.68 Å². The molecule has 0 aromatic carbocycles. The summed E-state index contributed by atoms with van der Waals surface area (Å²) in [6.07, 6.45) is 8.40. The van der Waals surface area contributed by atoms with E-state index in [1.54, 1.807) is 0 Å². The molecule has 2 aliphatic rings. The molecule has 2 fully saturated rings. The van der Waals surface area contributed by atoms with Gasteiger partial charge in [0.05, 0.1) is 19.3 Å². The smallest absolute Gasteiger partial charge is 0.156 e. The lowest BCUT2D eigenvalue weighted by molar-refractivity contribution is 0.147. The molecule has 3 rings (SSSR count). The maximum absolute atomic E-state index is 5.51. The van der Waals surface area contributed by atoms with Crippen LogP contribution < -0.4 is 0 Å². The van der Waals surface area contributed by atoms with Crippen LogP contribution in [0.25, 0.3) is 0 Å². The fourth-order valence-electron chi connectivity index (χ4n) is 3.38. The number of hydrogen-bond acceptors (Lipinski definition) is 4. The second-order valence-electron chi connectivity index (χ2n) is 6.13. The van der Waals surface area contributed by atoms with Crippen LogP contribution in [0.15, 0.2) is 0 Å². The first-order valence-electron chi connectivity index (χ1n) is 8.49. The molecule has 1 aromatic rings. The summed E-state index contributed by atoms with van der Waals surface area (Å²) in [6.45, 7) is 5.16. The first-order chi connectivity index (χ1) is 10.4. The molecule has 5 heteroatoms. The number of ether oxygens (including phenoxy) is 2. The average molecular weight is 293 g/mol. The van der Waals surface area contributed by atoms with Gasteiger partial charge in [-0.05, 0) is 26.2 Å². The Labute approximate surface area is 127 Å². The summed E-state index contributed by atoms with van der Waals surface area (Å²) < 4.78 is 13.2. The standard InChI is InChI=1S/C16H27N3O2/c1-2-20-11-9-15-17-16(13-8-10-21-12-13)18-19(15)14-6-4-3-5-7-14/h13-14H,2-12H2,1H3/t13-/m1/s1. The summed E-state index contributed by atoms with van der Waals surface area (Å²) in [5.74, 6) is 2.49. The first-order valence-corrected chi connectivity index (χ1v) is 8.49. The van der Waals surface area contributed by atoms with Gasteiger partial charge in [0.15, 0.2) is 5.82 Å². The number of aromatic nitrogens is 3. The lowest BCUT2D eigenvalue weighted by Gasteiger charge is -2.23. The summed E-state index contributed by atoms with van der Waals surface area (Å²) in [4.78, 5) is 4.83. The zero-order valence-electron chi connectivity index (χ0n) is 13.1. The van der Waals surface area contributed by atoms with Crippen LogP contribution >= 0.6 is 0 Å². The Kier molecular flexibility index (Phi) is 5.25. The van der Waals surface area contributed by atoms with Crippen LogP contribution in [0.3, 0.4) is 0 Å². The van der Waals surface area contributed by atoms with Crippen molar-refractivity contribution in [1.82, 2.24) is 14.8 Å². The summed E-state index contributed by atoms with van der Waals surface area (Å²) in [5.41, 5.74) is 0. The zero-order valence-corrected chi connectivity index (χ0v) is 13.1. The Hall–Kier alpha value is -0.940. The number of rotatable bonds is 6. The lowest BCUT2D eigenvalue weighted by atomic mass is 9.95. The van der Waals surface area contributed by atoms with Crippen molar-refractivity contribution >= 4 is 0 Å². The van der Waals surface area contributed by atoms with E-state index >= 15 is 0 Å². The van der Waals surface area contributed by atoms with Crippen LogP contribution in [0.5, 0.6) is 0 Å². The van der Waals surface area contributed by atoms with Gasteiger partial charge in [0.2, 0.25) is 0 Å². The van der Waals surface area contributed by atoms with Crippen molar-refractivity contribution in [2.24, 2.45) is 0 Å². The van der Waals surface area contributed by atoms with Crippen molar-refractivity contribution in [3.63, 3.8) is 0 Å². The van der Waals surface area contributed by atoms with E-state index in [0.717, 1.165) is 50.9 Å². The third-order valence-electron chi connectivity index (χ3n) is 4.61. The van der Waals surface area contributed by atoms with Gasteiger partial charge in [-0.1, -0.05) is 19.3 Å². The van der Waals surface area contributed by atoms with Gasteiger partial charge in [0.25, 0.3) is 0 Å². The SMILES string of the molecule is CCOCCc1nc([C@@H]2CCOC2)nn1C1CCCCC1. The van der Waals surface area contributed by atoms with Gasteiger partial charge in [0.1, 0.15) is 5.82 Å². The minimum atomic E-state index is 0.390. The van der Waals surface area contributed by atoms with Crippen LogP contribution in [-0.2, 0) is 15.9 Å². The topological polar surface area (TPSA) is 49.2 Å². The lowest BCUT2D eigenvalue weighted by Crippen LogP contribution is -2.18. The molecule has 118 valence electrons. The largest absolute Gasteiger partial charge is 0.381 e. The van der Waals surface area contributed by atoms with Crippen LogP contribution in [0.1, 0.15) is 69.1 Å². The van der Waals surface area contributed by atoms with Gasteiger partial charge >= 0.3 is 0 Å². The molecule has 0 spiro atoms. The minimum absolute atomic E-state index is 0.390. The van der Waals surface area contributed by atoms with Crippen molar-refractivity contribution in [1.29, 1.82) is 0 Å². The van der Waals surface area contributed by atoms with Crippen LogP contribution in [0.4, 0.5) is 0 Å². The molecule has 1 saturated carbocycles. The molecule has 0 radical (unpaired) electrons. The summed E-state index contributed by atoms with van der Waals surface area (Å²) in [5, 5.41) is 4.86. The fraction of sp³-hybridized carbons (Fsp3) is 0.875. The van der Waals surface area contributed by atoms with E-state index in [0.29, 0.717) is 12.0 Å². The van der Waals surface area contributed by atoms with Crippen LogP contribution in [0.2, 0.25) is 0 Å². The van der Waals surface area contributed by atoms with Crippen molar-refractivity contribution in [3.05, 3.63) is 11.6 Å². The predicted molar refractivity (Wildman–Crippen MR) is 80.5 cm³/mol. The van der Waals surface area contributed by atoms with E-state index in [-0.39, 0.29) is 0 Å². The Balaban J connectivity index is 1.76. The third kappa shape index (κ3) is 3.64. The van der Waals surface area contributed by atoms with Gasteiger partial charge < -0.3 is 9.47 Å². The zero-order chi connectivity index (χ0) is 14.5. The molecule has 1 saturated heterocycles. The number of nitrogens with zero attached hydrogens (tertiary/aromatic N) is 3. The van der Waals surface area contributed by atoms with Crippen molar-refractivity contribution in [3.8, 4) is 0 Å². The van der Waals surface area contributed by atoms with Crippen LogP contribution in [-0.4, -0.2) is 41.2 Å². The second-order valence-corrected chi connectivity index (χ2v) is 6.13. The highest BCUT2D eigenvalue weighted by molar-refractivity contribution is 5.03. The first kappa shape index (κ1) is 15.0. The average Bonchev–Trinajstić information content (AvgIpc) is 3.18. The molecule has 0 bridgehead atoms. The second kappa shape index (κ2) is 7.36. The predicted octanol–water partition coefficient (Wildman–Crippen LogP) is 2.87. The minimum Gasteiger partial charge on any atom is -0.381 e. The molecule has 0 amide bonds. The highest BCUT2D eigenvalue weighted by Crippen LogP contribution is 2.30. The van der Waals surface area contributed by atoms with Gasteiger partial charge in [-0.25, -0.2) is 9.67 Å². The molecule has 5 nitrogen and oxygen atoms in total. The molecule has 2 heterocycles. The van der Waals surface area contributed by atoms with E-state index in [9.17, 15) is 0 Å². The van der Waals surface area contributed by atoms with Crippen molar-refractivity contribution in [2.45, 2.75) is 63.8 Å². The van der Waals surface area contributed by atoms with E-state index in [1.807, 2.05) is 6.92 Å². The molecule has 1 atom stereocenters. The molecular formula is C16H27N3O2. The van der Waals surface area contributed by atoms with Gasteiger partial charge in [-0.15, -0.1) is 0 Å². The fourth-order valence-corrected chi connectivity index (χ4v) is 3.38. The normalized spacial score (nSPS) is 23.8. The summed E-state index contributed by atoms with van der Waals surface area (Å²) >= 11 is 0. The molecule has 0 unspecified atom stereocenters. The molecule has 21 heavy (non-hydrogen) atoms. The van der Waals surface area contributed by atoms with E-state index in [1.165, 1.54) is 32.1 Å². The van der Waals surface area contributed by atoms with Crippen LogP contribution in [0, 0.1) is 0 Å². The van der Waals surface area contributed by atoms with Gasteiger partial charge in [-0.2, -0.15) is 5.10 Å². The van der Waals surface area contributed by atoms with Gasteiger partial charge in [-0.3, -0.25) is 0 Å². The van der Waals surface area contributed by atoms with E-state index in [4.69, 9.17) is 19.6 Å². The Morgan fingerprint density at radius 3 is 2.81 bits per heavy atom. The Morgan fingerprint density at radius 2 is 2.10 bits per heavy atom. The Morgan fingerprint density at radius 1 is 1.24 bits per heavy atom. The molecular weight excluding hydrogens is 266 g/mol. The monoisotopic (exact) mass is 293 g/mol. The Bertz CT molecular complexity index is 435. The molecule has 1 aliphatic carbocycles. The molecule has 1 aromatic heterocycles.